The molecule has 1 saturated carbocycles. The van der Waals surface area contributed by atoms with Gasteiger partial charge in [0.15, 0.2) is 0 Å². The van der Waals surface area contributed by atoms with Crippen LogP contribution in [0.3, 0.4) is 0 Å². The van der Waals surface area contributed by atoms with Crippen LogP contribution in [0.15, 0.2) is 24.3 Å². The zero-order chi connectivity index (χ0) is 18.6. The number of nitrogens with zero attached hydrogens (tertiary/aromatic N) is 1. The Morgan fingerprint density at radius 1 is 1.04 bits per heavy atom. The third kappa shape index (κ3) is 5.21. The van der Waals surface area contributed by atoms with Gasteiger partial charge in [0, 0.05) is 30.1 Å². The Kier molecular flexibility index (Phi) is 6.59. The largest absolute Gasteiger partial charge is 0.353 e. The van der Waals surface area contributed by atoms with E-state index in [9.17, 15) is 13.2 Å². The summed E-state index contributed by atoms with van der Waals surface area (Å²) in [5.41, 5.74) is 0.728. The first-order valence-corrected chi connectivity index (χ1v) is 11.5. The molecule has 3 rings (SSSR count). The van der Waals surface area contributed by atoms with Gasteiger partial charge in [-0.15, -0.1) is 0 Å². The molecule has 1 amide bonds. The average molecular weight is 399 g/mol. The van der Waals surface area contributed by atoms with Crippen molar-refractivity contribution in [3.8, 4) is 0 Å². The van der Waals surface area contributed by atoms with E-state index in [0.717, 1.165) is 18.4 Å². The number of sulfonamides is 1. The molecular formula is C19H27ClN2O3S. The van der Waals surface area contributed by atoms with Crippen LogP contribution in [0, 0.1) is 5.92 Å². The highest BCUT2D eigenvalue weighted by atomic mass is 35.5. The van der Waals surface area contributed by atoms with Gasteiger partial charge in [0.05, 0.1) is 5.75 Å². The lowest BCUT2D eigenvalue weighted by Crippen LogP contribution is -2.45. The number of hydrogen-bond acceptors (Lipinski definition) is 3. The topological polar surface area (TPSA) is 66.5 Å². The van der Waals surface area contributed by atoms with Crippen LogP contribution in [-0.4, -0.2) is 37.8 Å². The molecule has 2 aliphatic rings. The third-order valence-electron chi connectivity index (χ3n) is 5.43. The summed E-state index contributed by atoms with van der Waals surface area (Å²) >= 11 is 5.85. The fourth-order valence-corrected chi connectivity index (χ4v) is 5.53. The van der Waals surface area contributed by atoms with Crippen molar-refractivity contribution in [1.82, 2.24) is 9.62 Å². The highest BCUT2D eigenvalue weighted by molar-refractivity contribution is 7.88. The average Bonchev–Trinajstić information content (AvgIpc) is 2.64. The molecule has 1 heterocycles. The summed E-state index contributed by atoms with van der Waals surface area (Å²) in [6.45, 7) is 0.831. The Bertz CT molecular complexity index is 707. The highest BCUT2D eigenvalue weighted by Crippen LogP contribution is 2.24. The summed E-state index contributed by atoms with van der Waals surface area (Å²) in [6, 6.07) is 7.19. The maximum atomic E-state index is 12.6. The van der Waals surface area contributed by atoms with Crippen molar-refractivity contribution in [2.75, 3.05) is 13.1 Å². The summed E-state index contributed by atoms with van der Waals surface area (Å²) in [6.07, 6.45) is 6.96. The predicted molar refractivity (Wildman–Crippen MR) is 103 cm³/mol. The van der Waals surface area contributed by atoms with Crippen molar-refractivity contribution >= 4 is 27.5 Å². The zero-order valence-corrected chi connectivity index (χ0v) is 16.6. The van der Waals surface area contributed by atoms with E-state index in [2.05, 4.69) is 5.32 Å². The molecule has 2 fully saturated rings. The van der Waals surface area contributed by atoms with Gasteiger partial charge in [-0.2, -0.15) is 0 Å². The minimum absolute atomic E-state index is 0.0247. The summed E-state index contributed by atoms with van der Waals surface area (Å²) in [5, 5.41) is 3.76. The Hall–Kier alpha value is -1.11. The first-order valence-electron chi connectivity index (χ1n) is 9.47. The Morgan fingerprint density at radius 3 is 2.27 bits per heavy atom. The molecule has 1 aliphatic carbocycles. The number of carbonyl (C=O) groups is 1. The van der Waals surface area contributed by atoms with Crippen molar-refractivity contribution in [2.24, 2.45) is 5.92 Å². The van der Waals surface area contributed by atoms with Gasteiger partial charge in [0.2, 0.25) is 15.9 Å². The lowest BCUT2D eigenvalue weighted by Gasteiger charge is -2.32. The molecule has 0 bridgehead atoms. The van der Waals surface area contributed by atoms with Gasteiger partial charge in [-0.25, -0.2) is 12.7 Å². The van der Waals surface area contributed by atoms with Crippen LogP contribution in [-0.2, 0) is 20.6 Å². The van der Waals surface area contributed by atoms with Crippen LogP contribution in [0.25, 0.3) is 0 Å². The van der Waals surface area contributed by atoms with Crippen LogP contribution in [0.1, 0.15) is 50.5 Å². The number of amides is 1. The second-order valence-electron chi connectivity index (χ2n) is 7.40. The van der Waals surface area contributed by atoms with E-state index in [1.54, 1.807) is 24.3 Å². The molecule has 5 nitrogen and oxygen atoms in total. The smallest absolute Gasteiger partial charge is 0.223 e. The summed E-state index contributed by atoms with van der Waals surface area (Å²) in [5.74, 6) is 0.00823. The van der Waals surface area contributed by atoms with Crippen LogP contribution >= 0.6 is 11.6 Å². The van der Waals surface area contributed by atoms with Gasteiger partial charge in [-0.1, -0.05) is 43.0 Å². The summed E-state index contributed by atoms with van der Waals surface area (Å²) < 4.78 is 26.8. The second-order valence-corrected chi connectivity index (χ2v) is 9.80. The van der Waals surface area contributed by atoms with Crippen LogP contribution < -0.4 is 5.32 Å². The lowest BCUT2D eigenvalue weighted by molar-refractivity contribution is -0.127. The minimum Gasteiger partial charge on any atom is -0.353 e. The number of carbonyl (C=O) groups excluding carboxylic acids is 1. The van der Waals surface area contributed by atoms with E-state index in [4.69, 9.17) is 11.6 Å². The number of benzene rings is 1. The predicted octanol–water partition coefficient (Wildman–Crippen LogP) is 3.33. The maximum absolute atomic E-state index is 12.6. The Balaban J connectivity index is 1.50. The molecule has 0 atom stereocenters. The number of nitrogens with one attached hydrogen (secondary N) is 1. The first-order chi connectivity index (χ1) is 12.4. The normalized spacial score (nSPS) is 20.8. The molecule has 0 spiro atoms. The van der Waals surface area contributed by atoms with Crippen molar-refractivity contribution in [2.45, 2.75) is 56.7 Å². The molecule has 1 aromatic rings. The van der Waals surface area contributed by atoms with Crippen molar-refractivity contribution < 1.29 is 13.2 Å². The molecule has 1 saturated heterocycles. The molecule has 1 aromatic carbocycles. The monoisotopic (exact) mass is 398 g/mol. The van der Waals surface area contributed by atoms with Gasteiger partial charge in [-0.3, -0.25) is 4.79 Å². The lowest BCUT2D eigenvalue weighted by atomic mass is 9.93. The molecule has 26 heavy (non-hydrogen) atoms. The van der Waals surface area contributed by atoms with Gasteiger partial charge in [0.25, 0.3) is 0 Å². The molecule has 0 aromatic heterocycles. The van der Waals surface area contributed by atoms with E-state index >= 15 is 0 Å². The van der Waals surface area contributed by atoms with Crippen LogP contribution in [0.2, 0.25) is 5.02 Å². The van der Waals surface area contributed by atoms with E-state index < -0.39 is 10.0 Å². The molecule has 0 unspecified atom stereocenters. The molecule has 0 radical (unpaired) electrons. The fraction of sp³-hybridized carbons (Fsp3) is 0.632. The standard InChI is InChI=1S/C19H27ClN2O3S/c20-17-8-6-15(7-9-17)14-26(24,25)22-12-10-16(11-13-22)19(23)21-18-4-2-1-3-5-18/h6-9,16,18H,1-5,10-14H2,(H,21,23). The molecule has 7 heteroatoms. The highest BCUT2D eigenvalue weighted by Gasteiger charge is 2.32. The van der Waals surface area contributed by atoms with E-state index in [1.165, 1.54) is 23.6 Å². The SMILES string of the molecule is O=C(NC1CCCCC1)C1CCN(S(=O)(=O)Cc2ccc(Cl)cc2)CC1. The fourth-order valence-electron chi connectivity index (χ4n) is 3.84. The number of halogens is 1. The second kappa shape index (κ2) is 8.72. The summed E-state index contributed by atoms with van der Waals surface area (Å²) in [4.78, 5) is 12.5. The van der Waals surface area contributed by atoms with Gasteiger partial charge in [0.1, 0.15) is 0 Å². The number of rotatable bonds is 5. The van der Waals surface area contributed by atoms with Crippen LogP contribution in [0.5, 0.6) is 0 Å². The maximum Gasteiger partial charge on any atom is 0.223 e. The Labute approximate surface area is 161 Å². The molecule has 1 aliphatic heterocycles. The summed E-state index contributed by atoms with van der Waals surface area (Å²) in [7, 11) is -3.37. The quantitative estimate of drug-likeness (QED) is 0.827. The third-order valence-corrected chi connectivity index (χ3v) is 7.53. The molecule has 1 N–H and O–H groups in total. The van der Waals surface area contributed by atoms with E-state index in [1.807, 2.05) is 0 Å². The van der Waals surface area contributed by atoms with Gasteiger partial charge < -0.3 is 5.32 Å². The Morgan fingerprint density at radius 2 is 1.65 bits per heavy atom. The van der Waals surface area contributed by atoms with Gasteiger partial charge in [-0.05, 0) is 43.4 Å². The number of piperidine rings is 1. The zero-order valence-electron chi connectivity index (χ0n) is 15.0. The van der Waals surface area contributed by atoms with Crippen LogP contribution in [0.4, 0.5) is 0 Å². The van der Waals surface area contributed by atoms with Crippen molar-refractivity contribution in [3.05, 3.63) is 34.9 Å². The first kappa shape index (κ1) is 19.6. The van der Waals surface area contributed by atoms with Crippen molar-refractivity contribution in [3.63, 3.8) is 0 Å². The molecular weight excluding hydrogens is 372 g/mol. The minimum atomic E-state index is -3.37. The molecule has 144 valence electrons. The van der Waals surface area contributed by atoms with Crippen molar-refractivity contribution in [1.29, 1.82) is 0 Å². The van der Waals surface area contributed by atoms with Gasteiger partial charge >= 0.3 is 0 Å². The van der Waals surface area contributed by atoms with E-state index in [-0.39, 0.29) is 17.6 Å². The number of hydrogen-bond donors (Lipinski definition) is 1. The van der Waals surface area contributed by atoms with E-state index in [0.29, 0.717) is 37.0 Å².